The molecule has 18 heavy (non-hydrogen) atoms. The van der Waals surface area contributed by atoms with Crippen LogP contribution in [-0.2, 0) is 0 Å². The molecule has 0 aromatic carbocycles. The van der Waals surface area contributed by atoms with E-state index in [1.165, 1.54) is 28.7 Å². The van der Waals surface area contributed by atoms with Crippen LogP contribution >= 0.6 is 35.0 Å². The summed E-state index contributed by atoms with van der Waals surface area (Å²) in [7, 11) is 0. The molecule has 0 saturated heterocycles. The van der Waals surface area contributed by atoms with Gasteiger partial charge in [0.05, 0.1) is 23.8 Å². The topological polar surface area (TPSA) is 78.4 Å². The van der Waals surface area contributed by atoms with Crippen molar-refractivity contribution in [2.24, 2.45) is 0 Å². The lowest BCUT2D eigenvalue weighted by Crippen LogP contribution is -2.19. The molecule has 0 saturated carbocycles. The molecule has 0 spiro atoms. The average molecular weight is 300 g/mol. The van der Waals surface area contributed by atoms with E-state index in [1.807, 2.05) is 0 Å². The number of hydrogen-bond acceptors (Lipinski definition) is 5. The Kier molecular flexibility index (Phi) is 4.00. The number of nitrogens with zero attached hydrogens (tertiary/aromatic N) is 3. The van der Waals surface area contributed by atoms with Gasteiger partial charge in [-0.25, -0.2) is 9.97 Å². The van der Waals surface area contributed by atoms with Gasteiger partial charge in [-0.05, 0) is 6.07 Å². The Balaban J connectivity index is 2.35. The van der Waals surface area contributed by atoms with E-state index in [1.54, 1.807) is 12.3 Å². The molecule has 0 radical (unpaired) electrons. The quantitative estimate of drug-likeness (QED) is 0.675. The third-order valence-electron chi connectivity index (χ3n) is 2.02. The first kappa shape index (κ1) is 13.1. The van der Waals surface area contributed by atoms with E-state index in [2.05, 4.69) is 9.97 Å². The fourth-order valence-electron chi connectivity index (χ4n) is 1.18. The lowest BCUT2D eigenvalue weighted by atomic mass is 10.5. The predicted molar refractivity (Wildman–Crippen MR) is 70.6 cm³/mol. The molecular formula is C10H7Cl2N5S. The predicted octanol–water partition coefficient (Wildman–Crippen LogP) is 2.67. The SMILES string of the molecule is N=Cn1ccc(Sc2cnc(Cl)cn2)c(Cl)c1=N. The van der Waals surface area contributed by atoms with Gasteiger partial charge in [-0.3, -0.25) is 15.4 Å². The molecule has 0 aliphatic carbocycles. The Morgan fingerprint density at radius 1 is 1.28 bits per heavy atom. The van der Waals surface area contributed by atoms with Crippen molar-refractivity contribution in [3.05, 3.63) is 40.3 Å². The van der Waals surface area contributed by atoms with Gasteiger partial charge in [0.25, 0.3) is 0 Å². The lowest BCUT2D eigenvalue weighted by molar-refractivity contribution is 0.965. The molecule has 0 amide bonds. The maximum atomic E-state index is 7.75. The maximum absolute atomic E-state index is 7.75. The molecule has 2 heterocycles. The zero-order valence-corrected chi connectivity index (χ0v) is 11.2. The monoisotopic (exact) mass is 299 g/mol. The van der Waals surface area contributed by atoms with Crippen LogP contribution in [0.15, 0.2) is 34.6 Å². The minimum atomic E-state index is 0.0542. The summed E-state index contributed by atoms with van der Waals surface area (Å²) in [4.78, 5) is 8.67. The molecular weight excluding hydrogens is 293 g/mol. The van der Waals surface area contributed by atoms with E-state index in [-0.39, 0.29) is 10.5 Å². The van der Waals surface area contributed by atoms with E-state index < -0.39 is 0 Å². The number of nitrogens with one attached hydrogen (secondary N) is 2. The molecule has 0 unspecified atom stereocenters. The van der Waals surface area contributed by atoms with Crippen molar-refractivity contribution in [1.82, 2.24) is 14.5 Å². The van der Waals surface area contributed by atoms with E-state index >= 15 is 0 Å². The van der Waals surface area contributed by atoms with E-state index in [0.29, 0.717) is 15.1 Å². The molecule has 0 aliphatic rings. The number of pyridine rings is 1. The highest BCUT2D eigenvalue weighted by Gasteiger charge is 2.07. The van der Waals surface area contributed by atoms with Crippen molar-refractivity contribution in [2.45, 2.75) is 9.92 Å². The van der Waals surface area contributed by atoms with Gasteiger partial charge in [0.15, 0.2) is 0 Å². The Labute approximate surface area is 117 Å². The number of rotatable bonds is 3. The summed E-state index contributed by atoms with van der Waals surface area (Å²) >= 11 is 13.0. The smallest absolute Gasteiger partial charge is 0.150 e. The van der Waals surface area contributed by atoms with Crippen LogP contribution in [0, 0.1) is 10.8 Å². The van der Waals surface area contributed by atoms with Gasteiger partial charge in [0.2, 0.25) is 0 Å². The first-order chi connectivity index (χ1) is 8.61. The first-order valence-electron chi connectivity index (χ1n) is 4.73. The van der Waals surface area contributed by atoms with Gasteiger partial charge < -0.3 is 0 Å². The Morgan fingerprint density at radius 3 is 2.67 bits per heavy atom. The molecule has 2 aromatic rings. The van der Waals surface area contributed by atoms with Gasteiger partial charge in [-0.15, -0.1) is 0 Å². The highest BCUT2D eigenvalue weighted by atomic mass is 35.5. The molecule has 92 valence electrons. The van der Waals surface area contributed by atoms with Crippen LogP contribution in [0.1, 0.15) is 0 Å². The van der Waals surface area contributed by atoms with Crippen LogP contribution in [0.25, 0.3) is 0 Å². The fraction of sp³-hybridized carbons (Fsp3) is 0. The lowest BCUT2D eigenvalue weighted by Gasteiger charge is -2.06. The van der Waals surface area contributed by atoms with Crippen LogP contribution in [0.2, 0.25) is 10.2 Å². The van der Waals surface area contributed by atoms with E-state index in [4.69, 9.17) is 34.0 Å². The summed E-state index contributed by atoms with van der Waals surface area (Å²) in [6.45, 7) is 0. The zero-order valence-electron chi connectivity index (χ0n) is 8.89. The molecule has 0 fully saturated rings. The maximum Gasteiger partial charge on any atom is 0.150 e. The third-order valence-corrected chi connectivity index (χ3v) is 3.69. The number of hydrogen-bond donors (Lipinski definition) is 2. The number of aromatic nitrogens is 3. The Hall–Kier alpha value is -1.37. The highest BCUT2D eigenvalue weighted by molar-refractivity contribution is 7.99. The van der Waals surface area contributed by atoms with Crippen molar-refractivity contribution in [1.29, 1.82) is 10.8 Å². The minimum absolute atomic E-state index is 0.0542. The summed E-state index contributed by atoms with van der Waals surface area (Å²) in [5, 5.41) is 16.1. The number of halogens is 2. The Morgan fingerprint density at radius 2 is 2.06 bits per heavy atom. The van der Waals surface area contributed by atoms with Crippen LogP contribution in [0.5, 0.6) is 0 Å². The molecule has 8 heteroatoms. The van der Waals surface area contributed by atoms with E-state index in [0.717, 1.165) is 6.34 Å². The highest BCUT2D eigenvalue weighted by Crippen LogP contribution is 2.29. The minimum Gasteiger partial charge on any atom is -0.292 e. The molecule has 2 N–H and O–H groups in total. The van der Waals surface area contributed by atoms with Gasteiger partial charge >= 0.3 is 0 Å². The molecule has 0 aliphatic heterocycles. The van der Waals surface area contributed by atoms with Gasteiger partial charge in [-0.1, -0.05) is 35.0 Å². The van der Waals surface area contributed by atoms with Crippen molar-refractivity contribution in [2.75, 3.05) is 0 Å². The standard InChI is InChI=1S/C10H7Cl2N5S/c11-7-3-16-8(4-15-7)18-6-1-2-17(5-13)10(14)9(6)12/h1-5,13-14H. The second-order valence-electron chi connectivity index (χ2n) is 3.16. The summed E-state index contributed by atoms with van der Waals surface area (Å²) in [5.74, 6) is 0. The second kappa shape index (κ2) is 5.51. The zero-order chi connectivity index (χ0) is 13.1. The second-order valence-corrected chi connectivity index (χ2v) is 4.99. The fourth-order valence-corrected chi connectivity index (χ4v) is 2.30. The largest absolute Gasteiger partial charge is 0.292 e. The van der Waals surface area contributed by atoms with Crippen molar-refractivity contribution >= 4 is 41.3 Å². The van der Waals surface area contributed by atoms with Gasteiger partial charge in [-0.2, -0.15) is 0 Å². The van der Waals surface area contributed by atoms with Crippen LogP contribution in [0.3, 0.4) is 0 Å². The third kappa shape index (κ3) is 2.72. The van der Waals surface area contributed by atoms with E-state index in [9.17, 15) is 0 Å². The molecule has 2 rings (SSSR count). The normalized spacial score (nSPS) is 10.3. The van der Waals surface area contributed by atoms with Crippen molar-refractivity contribution in [3.8, 4) is 0 Å². The molecule has 5 nitrogen and oxygen atoms in total. The van der Waals surface area contributed by atoms with Crippen molar-refractivity contribution in [3.63, 3.8) is 0 Å². The van der Waals surface area contributed by atoms with Gasteiger partial charge in [0.1, 0.15) is 15.7 Å². The van der Waals surface area contributed by atoms with Crippen LogP contribution < -0.4 is 5.49 Å². The van der Waals surface area contributed by atoms with Crippen LogP contribution in [0.4, 0.5) is 0 Å². The molecule has 0 atom stereocenters. The summed E-state index contributed by atoms with van der Waals surface area (Å²) in [6, 6.07) is 1.71. The summed E-state index contributed by atoms with van der Waals surface area (Å²) in [6.07, 6.45) is 5.59. The average Bonchev–Trinajstić information content (AvgIpc) is 2.38. The summed E-state index contributed by atoms with van der Waals surface area (Å²) in [5.41, 5.74) is 0.0542. The molecule has 2 aromatic heterocycles. The molecule has 0 bridgehead atoms. The Bertz CT molecular complexity index is 638. The summed E-state index contributed by atoms with van der Waals surface area (Å²) < 4.78 is 1.31. The first-order valence-corrected chi connectivity index (χ1v) is 6.30. The van der Waals surface area contributed by atoms with Gasteiger partial charge in [0, 0.05) is 11.1 Å². The van der Waals surface area contributed by atoms with Crippen molar-refractivity contribution < 1.29 is 0 Å². The van der Waals surface area contributed by atoms with Crippen LogP contribution in [-0.4, -0.2) is 20.9 Å².